The van der Waals surface area contributed by atoms with Gasteiger partial charge in [0.2, 0.25) is 5.91 Å². The summed E-state index contributed by atoms with van der Waals surface area (Å²) in [4.78, 5) is 18.1. The number of carbonyl (C=O) groups excluding carboxylic acids is 1. The maximum atomic E-state index is 12.0. The Balaban J connectivity index is 1.60. The molecule has 3 rings (SSSR count). The van der Waals surface area contributed by atoms with Crippen molar-refractivity contribution in [3.8, 4) is 11.3 Å². The minimum absolute atomic E-state index is 0.193. The average molecular weight is 305 g/mol. The lowest BCUT2D eigenvalue weighted by atomic mass is 10.2. The van der Waals surface area contributed by atoms with Crippen molar-refractivity contribution in [3.05, 3.63) is 41.4 Å². The fourth-order valence-electron chi connectivity index (χ4n) is 2.51. The van der Waals surface area contributed by atoms with Gasteiger partial charge in [0.1, 0.15) is 0 Å². The summed E-state index contributed by atoms with van der Waals surface area (Å²) in [5.41, 5.74) is 0.934. The zero-order valence-corrected chi connectivity index (χ0v) is 12.5. The van der Waals surface area contributed by atoms with Gasteiger partial charge in [0.05, 0.1) is 6.20 Å². The average Bonchev–Trinajstić information content (AvgIpc) is 3.17. The van der Waals surface area contributed by atoms with Crippen LogP contribution in [0.2, 0.25) is 5.02 Å². The van der Waals surface area contributed by atoms with E-state index in [-0.39, 0.29) is 5.91 Å². The summed E-state index contributed by atoms with van der Waals surface area (Å²) in [6, 6.07) is 7.41. The first-order valence-electron chi connectivity index (χ1n) is 7.21. The van der Waals surface area contributed by atoms with E-state index in [4.69, 9.17) is 16.0 Å². The molecule has 0 bridgehead atoms. The van der Waals surface area contributed by atoms with Crippen molar-refractivity contribution in [2.24, 2.45) is 0 Å². The summed E-state index contributed by atoms with van der Waals surface area (Å²) in [6.07, 6.45) is 4.93. The topological polar surface area (TPSA) is 46.3 Å². The van der Waals surface area contributed by atoms with E-state index in [9.17, 15) is 4.79 Å². The molecular formula is C16H17ClN2O2. The molecular weight excluding hydrogens is 288 g/mol. The first kappa shape index (κ1) is 14.1. The molecule has 1 fully saturated rings. The van der Waals surface area contributed by atoms with Gasteiger partial charge in [-0.1, -0.05) is 11.6 Å². The Hall–Kier alpha value is -1.81. The molecule has 0 atom stereocenters. The Morgan fingerprint density at radius 3 is 2.67 bits per heavy atom. The van der Waals surface area contributed by atoms with Gasteiger partial charge in [0.25, 0.3) is 0 Å². The lowest BCUT2D eigenvalue weighted by Crippen LogP contribution is -2.27. The Bertz CT molecular complexity index is 615. The number of amides is 1. The van der Waals surface area contributed by atoms with E-state index >= 15 is 0 Å². The van der Waals surface area contributed by atoms with Crippen LogP contribution in [0.25, 0.3) is 11.3 Å². The molecule has 4 nitrogen and oxygen atoms in total. The van der Waals surface area contributed by atoms with Crippen LogP contribution >= 0.6 is 11.6 Å². The number of aromatic nitrogens is 1. The minimum Gasteiger partial charge on any atom is -0.441 e. The zero-order valence-electron chi connectivity index (χ0n) is 11.7. The van der Waals surface area contributed by atoms with E-state index in [1.54, 1.807) is 6.20 Å². The summed E-state index contributed by atoms with van der Waals surface area (Å²) in [6.45, 7) is 1.78. The zero-order chi connectivity index (χ0) is 14.7. The number of nitrogens with zero attached hydrogens (tertiary/aromatic N) is 2. The molecule has 110 valence electrons. The quantitative estimate of drug-likeness (QED) is 0.868. The predicted octanol–water partition coefficient (Wildman–Crippen LogP) is 3.55. The molecule has 1 aliphatic rings. The number of halogens is 1. The van der Waals surface area contributed by atoms with Gasteiger partial charge < -0.3 is 9.32 Å². The van der Waals surface area contributed by atoms with Crippen LogP contribution in [-0.4, -0.2) is 28.9 Å². The molecule has 0 aliphatic carbocycles. The number of benzene rings is 1. The molecule has 1 aromatic heterocycles. The number of carbonyl (C=O) groups is 1. The number of aryl methyl sites for hydroxylation is 1. The summed E-state index contributed by atoms with van der Waals surface area (Å²) >= 11 is 5.86. The van der Waals surface area contributed by atoms with Crippen molar-refractivity contribution in [1.29, 1.82) is 0 Å². The second-order valence-electron chi connectivity index (χ2n) is 5.21. The molecule has 21 heavy (non-hydrogen) atoms. The van der Waals surface area contributed by atoms with Crippen LogP contribution in [0.3, 0.4) is 0 Å². The molecule has 0 N–H and O–H groups in total. The van der Waals surface area contributed by atoms with E-state index < -0.39 is 0 Å². The third-order valence-corrected chi connectivity index (χ3v) is 3.95. The van der Waals surface area contributed by atoms with Gasteiger partial charge in [-0.2, -0.15) is 0 Å². The molecule has 0 spiro atoms. The maximum Gasteiger partial charge on any atom is 0.223 e. The molecule has 0 unspecified atom stereocenters. The summed E-state index contributed by atoms with van der Waals surface area (Å²) in [5.74, 6) is 1.50. The lowest BCUT2D eigenvalue weighted by Gasteiger charge is -2.14. The molecule has 0 saturated carbocycles. The largest absolute Gasteiger partial charge is 0.441 e. The smallest absolute Gasteiger partial charge is 0.223 e. The highest BCUT2D eigenvalue weighted by Crippen LogP contribution is 2.23. The molecule has 1 saturated heterocycles. The molecule has 5 heteroatoms. The van der Waals surface area contributed by atoms with Crippen molar-refractivity contribution in [2.45, 2.75) is 25.7 Å². The second-order valence-corrected chi connectivity index (χ2v) is 5.65. The number of likely N-dealkylation sites (tertiary alicyclic amines) is 1. The van der Waals surface area contributed by atoms with E-state index in [1.165, 1.54) is 0 Å². The summed E-state index contributed by atoms with van der Waals surface area (Å²) < 4.78 is 5.70. The van der Waals surface area contributed by atoms with Gasteiger partial charge in [-0.25, -0.2) is 4.98 Å². The fraction of sp³-hybridized carbons (Fsp3) is 0.375. The molecule has 2 heterocycles. The minimum atomic E-state index is 0.193. The fourth-order valence-corrected chi connectivity index (χ4v) is 2.64. The number of rotatable bonds is 4. The Kier molecular flexibility index (Phi) is 4.25. The van der Waals surface area contributed by atoms with Crippen molar-refractivity contribution in [1.82, 2.24) is 9.88 Å². The van der Waals surface area contributed by atoms with E-state index in [0.717, 1.165) is 31.5 Å². The highest BCUT2D eigenvalue weighted by molar-refractivity contribution is 6.30. The lowest BCUT2D eigenvalue weighted by molar-refractivity contribution is -0.130. The predicted molar refractivity (Wildman–Crippen MR) is 81.1 cm³/mol. The Labute approximate surface area is 128 Å². The van der Waals surface area contributed by atoms with Gasteiger partial charge in [-0.3, -0.25) is 4.79 Å². The number of oxazole rings is 1. The van der Waals surface area contributed by atoms with Crippen LogP contribution in [0.5, 0.6) is 0 Å². The van der Waals surface area contributed by atoms with Crippen LogP contribution in [0, 0.1) is 0 Å². The number of hydrogen-bond acceptors (Lipinski definition) is 3. The van der Waals surface area contributed by atoms with Gasteiger partial charge in [0, 0.05) is 36.5 Å². The monoisotopic (exact) mass is 304 g/mol. The third-order valence-electron chi connectivity index (χ3n) is 3.69. The first-order valence-corrected chi connectivity index (χ1v) is 7.58. The maximum absolute atomic E-state index is 12.0. The standard InChI is InChI=1S/C16H17ClN2O2/c17-13-5-3-12(4-6-13)14-11-18-15(21-14)7-8-16(20)19-9-1-2-10-19/h3-6,11H,1-2,7-10H2. The third kappa shape index (κ3) is 3.45. The molecule has 1 amide bonds. The van der Waals surface area contributed by atoms with Crippen LogP contribution < -0.4 is 0 Å². The van der Waals surface area contributed by atoms with Gasteiger partial charge in [0.15, 0.2) is 11.7 Å². The van der Waals surface area contributed by atoms with E-state index in [0.29, 0.717) is 29.5 Å². The summed E-state index contributed by atoms with van der Waals surface area (Å²) in [7, 11) is 0. The normalized spacial score (nSPS) is 14.6. The van der Waals surface area contributed by atoms with Crippen LogP contribution in [-0.2, 0) is 11.2 Å². The van der Waals surface area contributed by atoms with Crippen molar-refractivity contribution >= 4 is 17.5 Å². The van der Waals surface area contributed by atoms with Crippen LogP contribution in [0.1, 0.15) is 25.2 Å². The van der Waals surface area contributed by atoms with Crippen molar-refractivity contribution < 1.29 is 9.21 Å². The second kappa shape index (κ2) is 6.31. The Morgan fingerprint density at radius 1 is 1.24 bits per heavy atom. The molecule has 0 radical (unpaired) electrons. The summed E-state index contributed by atoms with van der Waals surface area (Å²) in [5, 5.41) is 0.690. The number of hydrogen-bond donors (Lipinski definition) is 0. The van der Waals surface area contributed by atoms with E-state index in [1.807, 2.05) is 29.2 Å². The van der Waals surface area contributed by atoms with Crippen LogP contribution in [0.4, 0.5) is 0 Å². The van der Waals surface area contributed by atoms with Gasteiger partial charge in [-0.05, 0) is 37.1 Å². The molecule has 2 aromatic rings. The van der Waals surface area contributed by atoms with Crippen molar-refractivity contribution in [2.75, 3.05) is 13.1 Å². The highest BCUT2D eigenvalue weighted by Gasteiger charge is 2.18. The van der Waals surface area contributed by atoms with Gasteiger partial charge >= 0.3 is 0 Å². The van der Waals surface area contributed by atoms with Crippen molar-refractivity contribution in [3.63, 3.8) is 0 Å². The van der Waals surface area contributed by atoms with Gasteiger partial charge in [-0.15, -0.1) is 0 Å². The van der Waals surface area contributed by atoms with Crippen LogP contribution in [0.15, 0.2) is 34.9 Å². The SMILES string of the molecule is O=C(CCc1ncc(-c2ccc(Cl)cc2)o1)N1CCCC1. The first-order chi connectivity index (χ1) is 10.2. The van der Waals surface area contributed by atoms with E-state index in [2.05, 4.69) is 4.98 Å². The molecule has 1 aliphatic heterocycles. The highest BCUT2D eigenvalue weighted by atomic mass is 35.5. The Morgan fingerprint density at radius 2 is 1.95 bits per heavy atom. The molecule has 1 aromatic carbocycles.